The van der Waals surface area contributed by atoms with E-state index >= 15 is 0 Å². The van der Waals surface area contributed by atoms with Crippen molar-refractivity contribution in [1.82, 2.24) is 0 Å². The molecule has 2 nitrogen and oxygen atoms in total. The first kappa shape index (κ1) is 11.1. The van der Waals surface area contributed by atoms with Crippen LogP contribution >= 0.6 is 0 Å². The SMILES string of the molecule is Cc1cc(N)ccc1Oc1cccc(C2CC2)c1. The van der Waals surface area contributed by atoms with Gasteiger partial charge in [-0.1, -0.05) is 12.1 Å². The summed E-state index contributed by atoms with van der Waals surface area (Å²) in [5.41, 5.74) is 8.96. The summed E-state index contributed by atoms with van der Waals surface area (Å²) in [6.45, 7) is 2.01. The molecule has 92 valence electrons. The lowest BCUT2D eigenvalue weighted by Gasteiger charge is -2.10. The highest BCUT2D eigenvalue weighted by molar-refractivity contribution is 5.48. The molecule has 2 heteroatoms. The first-order valence-electron chi connectivity index (χ1n) is 6.36. The normalized spacial score (nSPS) is 14.5. The van der Waals surface area contributed by atoms with E-state index in [1.807, 2.05) is 31.2 Å². The number of hydrogen-bond acceptors (Lipinski definition) is 2. The fraction of sp³-hybridized carbons (Fsp3) is 0.250. The minimum absolute atomic E-state index is 0.751. The third kappa shape index (κ3) is 2.33. The van der Waals surface area contributed by atoms with Crippen LogP contribution in [0.2, 0.25) is 0 Å². The number of nitrogen functional groups attached to an aromatic ring is 1. The lowest BCUT2D eigenvalue weighted by molar-refractivity contribution is 0.478. The van der Waals surface area contributed by atoms with Crippen LogP contribution in [0.15, 0.2) is 42.5 Å². The average molecular weight is 239 g/mol. The van der Waals surface area contributed by atoms with Gasteiger partial charge in [-0.05, 0) is 67.1 Å². The number of aryl methyl sites for hydroxylation is 1. The fourth-order valence-corrected chi connectivity index (χ4v) is 2.16. The molecular weight excluding hydrogens is 222 g/mol. The first-order valence-corrected chi connectivity index (χ1v) is 6.36. The molecule has 0 saturated heterocycles. The van der Waals surface area contributed by atoms with Gasteiger partial charge in [0.15, 0.2) is 0 Å². The van der Waals surface area contributed by atoms with Gasteiger partial charge in [0, 0.05) is 5.69 Å². The number of hydrogen-bond donors (Lipinski definition) is 1. The molecule has 1 fully saturated rings. The lowest BCUT2D eigenvalue weighted by Crippen LogP contribution is -1.91. The molecule has 0 aliphatic heterocycles. The molecule has 2 aromatic rings. The zero-order valence-corrected chi connectivity index (χ0v) is 10.5. The van der Waals surface area contributed by atoms with E-state index in [4.69, 9.17) is 10.5 Å². The van der Waals surface area contributed by atoms with E-state index in [0.717, 1.165) is 28.7 Å². The molecule has 0 spiro atoms. The van der Waals surface area contributed by atoms with Crippen molar-refractivity contribution in [1.29, 1.82) is 0 Å². The standard InChI is InChI=1S/C16H17NO/c1-11-9-14(17)7-8-16(11)18-15-4-2-3-13(10-15)12-5-6-12/h2-4,7-10,12H,5-6,17H2,1H3. The van der Waals surface area contributed by atoms with E-state index < -0.39 is 0 Å². The number of ether oxygens (including phenoxy) is 1. The molecule has 0 unspecified atom stereocenters. The van der Waals surface area contributed by atoms with Crippen LogP contribution in [-0.2, 0) is 0 Å². The summed E-state index contributed by atoms with van der Waals surface area (Å²) in [5, 5.41) is 0. The minimum atomic E-state index is 0.751. The van der Waals surface area contributed by atoms with Crippen molar-refractivity contribution in [2.45, 2.75) is 25.7 Å². The smallest absolute Gasteiger partial charge is 0.130 e. The monoisotopic (exact) mass is 239 g/mol. The van der Waals surface area contributed by atoms with Crippen molar-refractivity contribution in [3.05, 3.63) is 53.6 Å². The minimum Gasteiger partial charge on any atom is -0.457 e. The number of nitrogens with two attached hydrogens (primary N) is 1. The molecule has 1 saturated carbocycles. The van der Waals surface area contributed by atoms with E-state index in [2.05, 4.69) is 18.2 Å². The Hall–Kier alpha value is -1.96. The van der Waals surface area contributed by atoms with Crippen LogP contribution in [0.5, 0.6) is 11.5 Å². The van der Waals surface area contributed by atoms with Gasteiger partial charge in [-0.15, -0.1) is 0 Å². The Morgan fingerprint density at radius 2 is 1.94 bits per heavy atom. The van der Waals surface area contributed by atoms with Gasteiger partial charge in [-0.3, -0.25) is 0 Å². The van der Waals surface area contributed by atoms with E-state index in [-0.39, 0.29) is 0 Å². The molecule has 0 heterocycles. The topological polar surface area (TPSA) is 35.2 Å². The maximum atomic E-state index is 5.93. The molecule has 0 aromatic heterocycles. The molecule has 0 atom stereocenters. The Kier molecular flexibility index (Phi) is 2.71. The summed E-state index contributed by atoms with van der Waals surface area (Å²) in [6, 6.07) is 14.1. The molecule has 0 bridgehead atoms. The van der Waals surface area contributed by atoms with Crippen LogP contribution in [-0.4, -0.2) is 0 Å². The van der Waals surface area contributed by atoms with Gasteiger partial charge in [0.05, 0.1) is 0 Å². The molecule has 3 rings (SSSR count). The second-order valence-corrected chi connectivity index (χ2v) is 4.97. The maximum Gasteiger partial charge on any atom is 0.130 e. The second kappa shape index (κ2) is 4.37. The summed E-state index contributed by atoms with van der Waals surface area (Å²) in [7, 11) is 0. The van der Waals surface area contributed by atoms with Crippen molar-refractivity contribution in [2.24, 2.45) is 0 Å². The van der Waals surface area contributed by atoms with E-state index in [9.17, 15) is 0 Å². The van der Waals surface area contributed by atoms with Crippen LogP contribution in [0.1, 0.15) is 29.9 Å². The number of anilines is 1. The van der Waals surface area contributed by atoms with Gasteiger partial charge in [-0.25, -0.2) is 0 Å². The molecule has 1 aliphatic carbocycles. The van der Waals surface area contributed by atoms with Gasteiger partial charge in [0.25, 0.3) is 0 Å². The Morgan fingerprint density at radius 3 is 2.67 bits per heavy atom. The Labute approximate surface area is 107 Å². The highest BCUT2D eigenvalue weighted by Crippen LogP contribution is 2.41. The molecule has 1 aliphatic rings. The van der Waals surface area contributed by atoms with Gasteiger partial charge in [0.1, 0.15) is 11.5 Å². The molecule has 0 radical (unpaired) electrons. The van der Waals surface area contributed by atoms with E-state index in [1.165, 1.54) is 18.4 Å². The third-order valence-electron chi connectivity index (χ3n) is 3.33. The van der Waals surface area contributed by atoms with Gasteiger partial charge >= 0.3 is 0 Å². The number of benzene rings is 2. The maximum absolute atomic E-state index is 5.93. The van der Waals surface area contributed by atoms with Crippen molar-refractivity contribution < 1.29 is 4.74 Å². The predicted octanol–water partition coefficient (Wildman–Crippen LogP) is 4.25. The summed E-state index contributed by atoms with van der Waals surface area (Å²) < 4.78 is 5.93. The largest absolute Gasteiger partial charge is 0.457 e. The molecular formula is C16H17NO. The van der Waals surface area contributed by atoms with Crippen LogP contribution in [0.25, 0.3) is 0 Å². The van der Waals surface area contributed by atoms with Gasteiger partial charge in [-0.2, -0.15) is 0 Å². The number of rotatable bonds is 3. The Bertz CT molecular complexity index is 573. The highest BCUT2D eigenvalue weighted by atomic mass is 16.5. The average Bonchev–Trinajstić information content (AvgIpc) is 3.17. The zero-order chi connectivity index (χ0) is 12.5. The lowest BCUT2D eigenvalue weighted by atomic mass is 10.1. The Morgan fingerprint density at radius 1 is 1.11 bits per heavy atom. The molecule has 2 aromatic carbocycles. The molecule has 2 N–H and O–H groups in total. The van der Waals surface area contributed by atoms with Crippen LogP contribution in [0.3, 0.4) is 0 Å². The van der Waals surface area contributed by atoms with E-state index in [0.29, 0.717) is 0 Å². The van der Waals surface area contributed by atoms with Gasteiger partial charge < -0.3 is 10.5 Å². The van der Waals surface area contributed by atoms with Crippen molar-refractivity contribution in [3.8, 4) is 11.5 Å². The van der Waals surface area contributed by atoms with Crippen molar-refractivity contribution >= 4 is 5.69 Å². The van der Waals surface area contributed by atoms with E-state index in [1.54, 1.807) is 0 Å². The third-order valence-corrected chi connectivity index (χ3v) is 3.33. The van der Waals surface area contributed by atoms with Crippen LogP contribution in [0.4, 0.5) is 5.69 Å². The summed E-state index contributed by atoms with van der Waals surface area (Å²) in [5.74, 6) is 2.53. The zero-order valence-electron chi connectivity index (χ0n) is 10.5. The summed E-state index contributed by atoms with van der Waals surface area (Å²) in [4.78, 5) is 0. The highest BCUT2D eigenvalue weighted by Gasteiger charge is 2.23. The van der Waals surface area contributed by atoms with Crippen LogP contribution in [0, 0.1) is 6.92 Å². The summed E-state index contributed by atoms with van der Waals surface area (Å²) in [6.07, 6.45) is 2.62. The molecule has 0 amide bonds. The van der Waals surface area contributed by atoms with Crippen molar-refractivity contribution in [3.63, 3.8) is 0 Å². The molecule has 18 heavy (non-hydrogen) atoms. The van der Waals surface area contributed by atoms with Gasteiger partial charge in [0.2, 0.25) is 0 Å². The predicted molar refractivity (Wildman–Crippen MR) is 74.1 cm³/mol. The fourth-order valence-electron chi connectivity index (χ4n) is 2.16. The van der Waals surface area contributed by atoms with Crippen LogP contribution < -0.4 is 10.5 Å². The second-order valence-electron chi connectivity index (χ2n) is 4.97. The van der Waals surface area contributed by atoms with Crippen molar-refractivity contribution in [2.75, 3.05) is 5.73 Å². The quantitative estimate of drug-likeness (QED) is 0.813. The first-order chi connectivity index (χ1) is 8.72. The Balaban J connectivity index is 1.84. The summed E-state index contributed by atoms with van der Waals surface area (Å²) >= 11 is 0.